The second-order valence-electron chi connectivity index (χ2n) is 5.91. The standard InChI is InChI=1S/C19H21ClN2O2/c1-14-7-8-16(13-17(14)20)21-19(23)18(15-5-3-2-4-6-15)22-9-11-24-12-10-22/h2-8,13,18H,9-12H2,1H3,(H,21,23). The van der Waals surface area contributed by atoms with E-state index in [0.717, 1.165) is 24.2 Å². The van der Waals surface area contributed by atoms with Crippen LogP contribution in [0.2, 0.25) is 5.02 Å². The number of hydrogen-bond donors (Lipinski definition) is 1. The molecule has 3 rings (SSSR count). The normalized spacial score (nSPS) is 16.6. The number of rotatable bonds is 4. The Kier molecular flexibility index (Phi) is 5.51. The lowest BCUT2D eigenvalue weighted by Gasteiger charge is -2.33. The summed E-state index contributed by atoms with van der Waals surface area (Å²) in [5.41, 5.74) is 2.68. The first-order valence-electron chi connectivity index (χ1n) is 8.09. The smallest absolute Gasteiger partial charge is 0.246 e. The summed E-state index contributed by atoms with van der Waals surface area (Å²) in [6, 6.07) is 15.1. The average Bonchev–Trinajstić information content (AvgIpc) is 2.60. The number of benzene rings is 2. The van der Waals surface area contributed by atoms with E-state index in [9.17, 15) is 4.79 Å². The molecule has 0 aromatic heterocycles. The fourth-order valence-corrected chi connectivity index (χ4v) is 3.06. The van der Waals surface area contributed by atoms with Crippen molar-refractivity contribution in [3.05, 3.63) is 64.7 Å². The summed E-state index contributed by atoms with van der Waals surface area (Å²) in [7, 11) is 0. The van der Waals surface area contributed by atoms with Crippen LogP contribution in [0.15, 0.2) is 48.5 Å². The highest BCUT2D eigenvalue weighted by Gasteiger charge is 2.29. The van der Waals surface area contributed by atoms with Crippen molar-refractivity contribution in [2.24, 2.45) is 0 Å². The Labute approximate surface area is 147 Å². The van der Waals surface area contributed by atoms with Crippen molar-refractivity contribution >= 4 is 23.2 Å². The number of morpholine rings is 1. The largest absolute Gasteiger partial charge is 0.379 e. The van der Waals surface area contributed by atoms with E-state index in [1.807, 2.05) is 49.4 Å². The zero-order valence-electron chi connectivity index (χ0n) is 13.7. The van der Waals surface area contributed by atoms with Gasteiger partial charge in [-0.05, 0) is 30.2 Å². The second kappa shape index (κ2) is 7.79. The zero-order valence-corrected chi connectivity index (χ0v) is 14.4. The predicted molar refractivity (Wildman–Crippen MR) is 96.4 cm³/mol. The molecule has 24 heavy (non-hydrogen) atoms. The molecule has 1 heterocycles. The van der Waals surface area contributed by atoms with Gasteiger partial charge in [0.15, 0.2) is 0 Å². The summed E-state index contributed by atoms with van der Waals surface area (Å²) in [6.07, 6.45) is 0. The number of aryl methyl sites for hydroxylation is 1. The van der Waals surface area contributed by atoms with Crippen molar-refractivity contribution in [3.8, 4) is 0 Å². The van der Waals surface area contributed by atoms with Gasteiger partial charge in [-0.2, -0.15) is 0 Å². The van der Waals surface area contributed by atoms with Crippen molar-refractivity contribution < 1.29 is 9.53 Å². The summed E-state index contributed by atoms with van der Waals surface area (Å²) in [5.74, 6) is -0.0528. The van der Waals surface area contributed by atoms with Gasteiger partial charge >= 0.3 is 0 Å². The Morgan fingerprint density at radius 2 is 1.88 bits per heavy atom. The molecular formula is C19H21ClN2O2. The third-order valence-corrected chi connectivity index (χ3v) is 4.62. The molecule has 1 aliphatic heterocycles. The minimum atomic E-state index is -0.338. The summed E-state index contributed by atoms with van der Waals surface area (Å²) in [5, 5.41) is 3.65. The lowest BCUT2D eigenvalue weighted by molar-refractivity contribution is -0.123. The number of nitrogens with zero attached hydrogens (tertiary/aromatic N) is 1. The molecule has 2 aromatic carbocycles. The van der Waals surface area contributed by atoms with Gasteiger partial charge in [-0.1, -0.05) is 48.0 Å². The fraction of sp³-hybridized carbons (Fsp3) is 0.316. The summed E-state index contributed by atoms with van der Waals surface area (Å²) >= 11 is 6.16. The molecule has 1 saturated heterocycles. The molecule has 4 nitrogen and oxygen atoms in total. The molecule has 1 aliphatic rings. The highest BCUT2D eigenvalue weighted by molar-refractivity contribution is 6.31. The van der Waals surface area contributed by atoms with Crippen LogP contribution in [0.3, 0.4) is 0 Å². The third-order valence-electron chi connectivity index (χ3n) is 4.21. The Bertz CT molecular complexity index is 700. The first kappa shape index (κ1) is 17.0. The minimum Gasteiger partial charge on any atom is -0.379 e. The van der Waals surface area contributed by atoms with E-state index in [2.05, 4.69) is 10.2 Å². The summed E-state index contributed by atoms with van der Waals surface area (Å²) in [6.45, 7) is 4.71. The van der Waals surface area contributed by atoms with Gasteiger partial charge < -0.3 is 10.1 Å². The van der Waals surface area contributed by atoms with Gasteiger partial charge in [0.05, 0.1) is 13.2 Å². The van der Waals surface area contributed by atoms with Gasteiger partial charge in [-0.3, -0.25) is 9.69 Å². The van der Waals surface area contributed by atoms with Gasteiger partial charge in [0.25, 0.3) is 0 Å². The molecule has 1 unspecified atom stereocenters. The van der Waals surface area contributed by atoms with Crippen LogP contribution in [-0.2, 0) is 9.53 Å². The number of carbonyl (C=O) groups excluding carboxylic acids is 1. The van der Waals surface area contributed by atoms with Crippen molar-refractivity contribution in [1.29, 1.82) is 0 Å². The van der Waals surface area contributed by atoms with E-state index in [1.165, 1.54) is 0 Å². The van der Waals surface area contributed by atoms with Gasteiger partial charge in [-0.25, -0.2) is 0 Å². The molecule has 2 aromatic rings. The lowest BCUT2D eigenvalue weighted by atomic mass is 10.0. The fourth-order valence-electron chi connectivity index (χ4n) is 2.88. The van der Waals surface area contributed by atoms with E-state index in [0.29, 0.717) is 23.9 Å². The van der Waals surface area contributed by atoms with Gasteiger partial charge in [0.2, 0.25) is 5.91 Å². The van der Waals surface area contributed by atoms with Crippen molar-refractivity contribution in [2.75, 3.05) is 31.6 Å². The Balaban J connectivity index is 1.84. The molecule has 0 radical (unpaired) electrons. The molecule has 1 atom stereocenters. The van der Waals surface area contributed by atoms with E-state index >= 15 is 0 Å². The number of anilines is 1. The molecule has 0 bridgehead atoms. The van der Waals surface area contributed by atoms with E-state index in [1.54, 1.807) is 6.07 Å². The molecule has 1 N–H and O–H groups in total. The maximum Gasteiger partial charge on any atom is 0.246 e. The summed E-state index contributed by atoms with van der Waals surface area (Å²) in [4.78, 5) is 15.1. The number of carbonyl (C=O) groups is 1. The predicted octanol–water partition coefficient (Wildman–Crippen LogP) is 3.66. The van der Waals surface area contributed by atoms with Crippen LogP contribution < -0.4 is 5.32 Å². The molecule has 5 heteroatoms. The molecule has 1 fully saturated rings. The van der Waals surface area contributed by atoms with Crippen LogP contribution in [-0.4, -0.2) is 37.1 Å². The highest BCUT2D eigenvalue weighted by atomic mass is 35.5. The lowest BCUT2D eigenvalue weighted by Crippen LogP contribution is -2.43. The van der Waals surface area contributed by atoms with Crippen LogP contribution in [0.5, 0.6) is 0 Å². The van der Waals surface area contributed by atoms with Crippen molar-refractivity contribution in [2.45, 2.75) is 13.0 Å². The molecule has 1 amide bonds. The van der Waals surface area contributed by atoms with Crippen LogP contribution >= 0.6 is 11.6 Å². The maximum absolute atomic E-state index is 13.0. The highest BCUT2D eigenvalue weighted by Crippen LogP contribution is 2.25. The van der Waals surface area contributed by atoms with Crippen molar-refractivity contribution in [3.63, 3.8) is 0 Å². The number of halogens is 1. The zero-order chi connectivity index (χ0) is 16.9. The van der Waals surface area contributed by atoms with Crippen molar-refractivity contribution in [1.82, 2.24) is 4.90 Å². The van der Waals surface area contributed by atoms with Crippen LogP contribution in [0.1, 0.15) is 17.2 Å². The summed E-state index contributed by atoms with van der Waals surface area (Å²) < 4.78 is 5.42. The first-order valence-corrected chi connectivity index (χ1v) is 8.47. The van der Waals surface area contributed by atoms with E-state index in [4.69, 9.17) is 16.3 Å². The SMILES string of the molecule is Cc1ccc(NC(=O)C(c2ccccc2)N2CCOCC2)cc1Cl. The average molecular weight is 345 g/mol. The Hall–Kier alpha value is -1.88. The maximum atomic E-state index is 13.0. The van der Waals surface area contributed by atoms with Gasteiger partial charge in [-0.15, -0.1) is 0 Å². The van der Waals surface area contributed by atoms with Gasteiger partial charge in [0.1, 0.15) is 6.04 Å². The van der Waals surface area contributed by atoms with Gasteiger partial charge in [0, 0.05) is 23.8 Å². The molecule has 126 valence electrons. The van der Waals surface area contributed by atoms with Crippen LogP contribution in [0.25, 0.3) is 0 Å². The number of amides is 1. The number of ether oxygens (including phenoxy) is 1. The third kappa shape index (κ3) is 3.96. The molecule has 0 saturated carbocycles. The number of nitrogens with one attached hydrogen (secondary N) is 1. The van der Waals surface area contributed by atoms with E-state index < -0.39 is 0 Å². The van der Waals surface area contributed by atoms with Crippen LogP contribution in [0, 0.1) is 6.92 Å². The molecular weight excluding hydrogens is 324 g/mol. The topological polar surface area (TPSA) is 41.6 Å². The minimum absolute atomic E-state index is 0.0528. The molecule has 0 spiro atoms. The first-order chi connectivity index (χ1) is 11.6. The Morgan fingerprint density at radius 1 is 1.17 bits per heavy atom. The van der Waals surface area contributed by atoms with Crippen LogP contribution in [0.4, 0.5) is 5.69 Å². The monoisotopic (exact) mass is 344 g/mol. The Morgan fingerprint density at radius 3 is 2.54 bits per heavy atom. The van der Waals surface area contributed by atoms with E-state index in [-0.39, 0.29) is 11.9 Å². The quantitative estimate of drug-likeness (QED) is 0.920. The second-order valence-corrected chi connectivity index (χ2v) is 6.32. The number of hydrogen-bond acceptors (Lipinski definition) is 3. The molecule has 0 aliphatic carbocycles.